The third-order valence-corrected chi connectivity index (χ3v) is 4.06. The minimum absolute atomic E-state index is 0.0230. The summed E-state index contributed by atoms with van der Waals surface area (Å²) in [5.74, 6) is -1.40. The van der Waals surface area contributed by atoms with E-state index in [0.29, 0.717) is 25.1 Å². The summed E-state index contributed by atoms with van der Waals surface area (Å²) >= 11 is 0. The number of benzene rings is 1. The molecule has 2 N–H and O–H groups in total. The smallest absolute Gasteiger partial charge is 0.226 e. The molecule has 21 heavy (non-hydrogen) atoms. The SMILES string of the molecule is CN(CC(C)(C)CN)C(=O)C1CC1c1cc(F)ccc1F. The van der Waals surface area contributed by atoms with Gasteiger partial charge in [-0.2, -0.15) is 0 Å². The highest BCUT2D eigenvalue weighted by Gasteiger charge is 2.46. The Hall–Kier alpha value is -1.49. The van der Waals surface area contributed by atoms with E-state index in [-0.39, 0.29) is 23.2 Å². The molecule has 1 aliphatic carbocycles. The Labute approximate surface area is 124 Å². The minimum atomic E-state index is -0.470. The zero-order valence-corrected chi connectivity index (χ0v) is 12.7. The maximum Gasteiger partial charge on any atom is 0.226 e. The lowest BCUT2D eigenvalue weighted by molar-refractivity contribution is -0.132. The summed E-state index contributed by atoms with van der Waals surface area (Å²) in [7, 11) is 1.73. The first kappa shape index (κ1) is 15.9. The zero-order valence-electron chi connectivity index (χ0n) is 12.7. The fourth-order valence-electron chi connectivity index (χ4n) is 2.68. The number of nitrogens with zero attached hydrogens (tertiary/aromatic N) is 1. The van der Waals surface area contributed by atoms with Crippen LogP contribution in [0.1, 0.15) is 31.7 Å². The Morgan fingerprint density at radius 3 is 2.71 bits per heavy atom. The first-order valence-corrected chi connectivity index (χ1v) is 7.15. The maximum absolute atomic E-state index is 13.7. The molecule has 0 saturated heterocycles. The third-order valence-electron chi connectivity index (χ3n) is 4.06. The van der Waals surface area contributed by atoms with E-state index in [1.54, 1.807) is 11.9 Å². The van der Waals surface area contributed by atoms with Crippen LogP contribution in [0.25, 0.3) is 0 Å². The van der Waals surface area contributed by atoms with Gasteiger partial charge in [-0.3, -0.25) is 4.79 Å². The van der Waals surface area contributed by atoms with Gasteiger partial charge in [0.15, 0.2) is 0 Å². The molecule has 3 nitrogen and oxygen atoms in total. The maximum atomic E-state index is 13.7. The predicted octanol–water partition coefficient (Wildman–Crippen LogP) is 2.51. The Morgan fingerprint density at radius 2 is 2.10 bits per heavy atom. The van der Waals surface area contributed by atoms with Crippen molar-refractivity contribution < 1.29 is 13.6 Å². The number of carbonyl (C=O) groups is 1. The van der Waals surface area contributed by atoms with E-state index in [0.717, 1.165) is 12.1 Å². The normalized spacial score (nSPS) is 21.2. The van der Waals surface area contributed by atoms with E-state index in [4.69, 9.17) is 5.73 Å². The minimum Gasteiger partial charge on any atom is -0.345 e. The summed E-state index contributed by atoms with van der Waals surface area (Å²) in [5, 5.41) is 0. The van der Waals surface area contributed by atoms with Gasteiger partial charge in [0.05, 0.1) is 0 Å². The van der Waals surface area contributed by atoms with Crippen molar-refractivity contribution in [3.8, 4) is 0 Å². The number of carbonyl (C=O) groups excluding carboxylic acids is 1. The van der Waals surface area contributed by atoms with E-state index < -0.39 is 11.6 Å². The van der Waals surface area contributed by atoms with Gasteiger partial charge in [-0.25, -0.2) is 8.78 Å². The Morgan fingerprint density at radius 1 is 1.43 bits per heavy atom. The summed E-state index contributed by atoms with van der Waals surface area (Å²) < 4.78 is 26.9. The highest BCUT2D eigenvalue weighted by atomic mass is 19.1. The van der Waals surface area contributed by atoms with Crippen LogP contribution in [0, 0.1) is 23.0 Å². The molecule has 2 atom stereocenters. The molecule has 1 amide bonds. The standard InChI is InChI=1S/C16H22F2N2O/c1-16(2,8-19)9-20(3)15(21)13-7-11(13)12-6-10(17)4-5-14(12)18/h4-6,11,13H,7-9,19H2,1-3H3. The number of hydrogen-bond acceptors (Lipinski definition) is 2. The van der Waals surface area contributed by atoms with Crippen molar-refractivity contribution in [2.75, 3.05) is 20.1 Å². The Kier molecular flexibility index (Phi) is 4.33. The lowest BCUT2D eigenvalue weighted by Crippen LogP contribution is -2.40. The van der Waals surface area contributed by atoms with Crippen molar-refractivity contribution in [2.45, 2.75) is 26.2 Å². The molecule has 0 spiro atoms. The molecule has 1 fully saturated rings. The molecule has 0 heterocycles. The van der Waals surface area contributed by atoms with Gasteiger partial charge in [-0.05, 0) is 48.1 Å². The lowest BCUT2D eigenvalue weighted by Gasteiger charge is -2.29. The number of hydrogen-bond donors (Lipinski definition) is 1. The van der Waals surface area contributed by atoms with Crippen molar-refractivity contribution in [2.24, 2.45) is 17.1 Å². The van der Waals surface area contributed by atoms with Crippen LogP contribution in [-0.4, -0.2) is 30.9 Å². The number of rotatable bonds is 5. The number of amides is 1. The predicted molar refractivity (Wildman–Crippen MR) is 77.7 cm³/mol. The quantitative estimate of drug-likeness (QED) is 0.907. The van der Waals surface area contributed by atoms with Crippen molar-refractivity contribution >= 4 is 5.91 Å². The molecule has 1 aromatic rings. The average molecular weight is 296 g/mol. The molecule has 0 aliphatic heterocycles. The average Bonchev–Trinajstić information content (AvgIpc) is 3.20. The van der Waals surface area contributed by atoms with Gasteiger partial charge in [-0.15, -0.1) is 0 Å². The second kappa shape index (κ2) is 5.72. The monoisotopic (exact) mass is 296 g/mol. The molecule has 1 aromatic carbocycles. The van der Waals surface area contributed by atoms with Gasteiger partial charge in [0.2, 0.25) is 5.91 Å². The number of nitrogens with two attached hydrogens (primary N) is 1. The summed E-state index contributed by atoms with van der Waals surface area (Å²) in [5.41, 5.74) is 5.82. The second-order valence-corrected chi connectivity index (χ2v) is 6.68. The summed E-state index contributed by atoms with van der Waals surface area (Å²) in [6, 6.07) is 3.40. The van der Waals surface area contributed by atoms with E-state index in [9.17, 15) is 13.6 Å². The summed E-state index contributed by atoms with van der Waals surface area (Å²) in [6.07, 6.45) is 0.576. The van der Waals surface area contributed by atoms with Crippen LogP contribution >= 0.6 is 0 Å². The largest absolute Gasteiger partial charge is 0.345 e. The second-order valence-electron chi connectivity index (χ2n) is 6.68. The van der Waals surface area contributed by atoms with Crippen molar-refractivity contribution in [1.82, 2.24) is 4.90 Å². The highest BCUT2D eigenvalue weighted by molar-refractivity contribution is 5.82. The molecular formula is C16H22F2N2O. The molecule has 0 aromatic heterocycles. The molecule has 1 saturated carbocycles. The van der Waals surface area contributed by atoms with E-state index in [2.05, 4.69) is 0 Å². The van der Waals surface area contributed by atoms with Gasteiger partial charge < -0.3 is 10.6 Å². The van der Waals surface area contributed by atoms with Crippen molar-refractivity contribution in [3.05, 3.63) is 35.4 Å². The van der Waals surface area contributed by atoms with E-state index in [1.807, 2.05) is 13.8 Å². The highest BCUT2D eigenvalue weighted by Crippen LogP contribution is 2.49. The first-order chi connectivity index (χ1) is 9.75. The van der Waals surface area contributed by atoms with Crippen LogP contribution < -0.4 is 5.73 Å². The summed E-state index contributed by atoms with van der Waals surface area (Å²) in [6.45, 7) is 5.02. The molecule has 0 bridgehead atoms. The van der Waals surface area contributed by atoms with Gasteiger partial charge in [-0.1, -0.05) is 13.8 Å². The van der Waals surface area contributed by atoms with Crippen molar-refractivity contribution in [1.29, 1.82) is 0 Å². The molecule has 5 heteroatoms. The number of halogens is 2. The van der Waals surface area contributed by atoms with Crippen LogP contribution in [0.3, 0.4) is 0 Å². The van der Waals surface area contributed by atoms with Gasteiger partial charge in [0, 0.05) is 19.5 Å². The van der Waals surface area contributed by atoms with Crippen LogP contribution in [0.5, 0.6) is 0 Å². The Bertz CT molecular complexity index is 545. The fourth-order valence-corrected chi connectivity index (χ4v) is 2.68. The van der Waals surface area contributed by atoms with Gasteiger partial charge in [0.25, 0.3) is 0 Å². The Balaban J connectivity index is 2.02. The van der Waals surface area contributed by atoms with E-state index >= 15 is 0 Å². The summed E-state index contributed by atoms with van der Waals surface area (Å²) in [4.78, 5) is 14.0. The molecule has 116 valence electrons. The fraction of sp³-hybridized carbons (Fsp3) is 0.562. The van der Waals surface area contributed by atoms with Crippen molar-refractivity contribution in [3.63, 3.8) is 0 Å². The molecule has 0 radical (unpaired) electrons. The lowest BCUT2D eigenvalue weighted by atomic mass is 9.93. The van der Waals surface area contributed by atoms with Gasteiger partial charge >= 0.3 is 0 Å². The molecule has 2 unspecified atom stereocenters. The van der Waals surface area contributed by atoms with Crippen LogP contribution in [-0.2, 0) is 4.79 Å². The molecule has 1 aliphatic rings. The van der Waals surface area contributed by atoms with Crippen LogP contribution in [0.15, 0.2) is 18.2 Å². The van der Waals surface area contributed by atoms with Crippen LogP contribution in [0.2, 0.25) is 0 Å². The topological polar surface area (TPSA) is 46.3 Å². The zero-order chi connectivity index (χ0) is 15.8. The molecule has 2 rings (SSSR count). The third kappa shape index (κ3) is 3.59. The van der Waals surface area contributed by atoms with Crippen LogP contribution in [0.4, 0.5) is 8.78 Å². The van der Waals surface area contributed by atoms with E-state index in [1.165, 1.54) is 6.07 Å². The first-order valence-electron chi connectivity index (χ1n) is 7.15. The molecular weight excluding hydrogens is 274 g/mol. The van der Waals surface area contributed by atoms with Gasteiger partial charge in [0.1, 0.15) is 11.6 Å².